The highest BCUT2D eigenvalue weighted by molar-refractivity contribution is 7.14. The number of carbonyl (C=O) groups excluding carboxylic acids is 2. The zero-order valence-corrected chi connectivity index (χ0v) is 15.9. The lowest BCUT2D eigenvalue weighted by Gasteiger charge is -2.04. The molecule has 1 aromatic heterocycles. The lowest BCUT2D eigenvalue weighted by Crippen LogP contribution is -2.12. The predicted molar refractivity (Wildman–Crippen MR) is 108 cm³/mol. The van der Waals surface area contributed by atoms with Crippen molar-refractivity contribution in [1.82, 2.24) is 4.98 Å². The fraction of sp³-hybridized carbons (Fsp3) is 0.105. The minimum Gasteiger partial charge on any atom is -0.326 e. The number of benzene rings is 2. The van der Waals surface area contributed by atoms with Gasteiger partial charge in [0, 0.05) is 40.7 Å². The van der Waals surface area contributed by atoms with E-state index in [1.54, 1.807) is 48.7 Å². The molecule has 0 aliphatic rings. The fourth-order valence-corrected chi connectivity index (χ4v) is 3.22. The van der Waals surface area contributed by atoms with Crippen LogP contribution in [0.4, 0.5) is 16.5 Å². The van der Waals surface area contributed by atoms with Crippen molar-refractivity contribution in [2.24, 2.45) is 0 Å². The van der Waals surface area contributed by atoms with E-state index in [1.165, 1.54) is 24.3 Å². The molecule has 0 fully saturated rings. The quantitative estimate of drug-likeness (QED) is 0.495. The molecule has 0 aliphatic heterocycles. The summed E-state index contributed by atoms with van der Waals surface area (Å²) < 4.78 is 0. The monoisotopic (exact) mass is 396 g/mol. The van der Waals surface area contributed by atoms with Crippen molar-refractivity contribution in [1.29, 1.82) is 0 Å². The number of nitro benzene ring substituents is 1. The summed E-state index contributed by atoms with van der Waals surface area (Å²) in [6, 6.07) is 11.4. The number of nitro groups is 1. The van der Waals surface area contributed by atoms with Crippen LogP contribution in [0.2, 0.25) is 0 Å². The number of aromatic nitrogens is 1. The number of anilines is 2. The number of thiazole rings is 1. The van der Waals surface area contributed by atoms with Gasteiger partial charge in [-0.2, -0.15) is 0 Å². The Labute approximate surface area is 164 Å². The van der Waals surface area contributed by atoms with Gasteiger partial charge in [0.2, 0.25) is 5.91 Å². The van der Waals surface area contributed by atoms with Gasteiger partial charge in [-0.25, -0.2) is 4.98 Å². The Morgan fingerprint density at radius 1 is 1.11 bits per heavy atom. The van der Waals surface area contributed by atoms with E-state index in [9.17, 15) is 19.7 Å². The third-order valence-electron chi connectivity index (χ3n) is 3.89. The molecule has 0 radical (unpaired) electrons. The largest absolute Gasteiger partial charge is 0.326 e. The van der Waals surface area contributed by atoms with Crippen molar-refractivity contribution in [3.63, 3.8) is 0 Å². The van der Waals surface area contributed by atoms with E-state index in [0.717, 1.165) is 0 Å². The highest BCUT2D eigenvalue weighted by Gasteiger charge is 2.15. The normalized spacial score (nSPS) is 10.4. The maximum atomic E-state index is 12.4. The van der Waals surface area contributed by atoms with Gasteiger partial charge < -0.3 is 5.32 Å². The molecule has 0 spiro atoms. The van der Waals surface area contributed by atoms with E-state index >= 15 is 0 Å². The number of nitrogens with one attached hydrogen (secondary N) is 2. The summed E-state index contributed by atoms with van der Waals surface area (Å²) in [6.45, 7) is 3.08. The van der Waals surface area contributed by atoms with E-state index in [0.29, 0.717) is 33.2 Å². The zero-order chi connectivity index (χ0) is 20.3. The molecule has 0 saturated heterocycles. The first kappa shape index (κ1) is 19.2. The van der Waals surface area contributed by atoms with Crippen LogP contribution in [0.1, 0.15) is 22.8 Å². The van der Waals surface area contributed by atoms with Crippen LogP contribution in [0, 0.1) is 17.0 Å². The number of hydrogen-bond acceptors (Lipinski definition) is 6. The van der Waals surface area contributed by atoms with Crippen LogP contribution in [0.25, 0.3) is 11.3 Å². The van der Waals surface area contributed by atoms with Crippen molar-refractivity contribution in [3.05, 3.63) is 69.1 Å². The average molecular weight is 396 g/mol. The Morgan fingerprint density at radius 3 is 2.46 bits per heavy atom. The summed E-state index contributed by atoms with van der Waals surface area (Å²) >= 11 is 1.23. The van der Waals surface area contributed by atoms with Crippen LogP contribution in [-0.2, 0) is 4.79 Å². The number of nitrogens with zero attached hydrogens (tertiary/aromatic N) is 2. The number of amides is 2. The number of rotatable bonds is 5. The number of hydrogen-bond donors (Lipinski definition) is 2. The van der Waals surface area contributed by atoms with Crippen molar-refractivity contribution >= 4 is 39.7 Å². The van der Waals surface area contributed by atoms with Crippen LogP contribution >= 0.6 is 11.3 Å². The molecule has 28 heavy (non-hydrogen) atoms. The average Bonchev–Trinajstić information content (AvgIpc) is 3.10. The molecule has 2 amide bonds. The van der Waals surface area contributed by atoms with Gasteiger partial charge in [0.25, 0.3) is 11.6 Å². The van der Waals surface area contributed by atoms with E-state index in [1.807, 2.05) is 0 Å². The number of carbonyl (C=O) groups is 2. The fourth-order valence-electron chi connectivity index (χ4n) is 2.51. The minimum absolute atomic E-state index is 0.0235. The lowest BCUT2D eigenvalue weighted by atomic mass is 10.1. The topological polar surface area (TPSA) is 114 Å². The van der Waals surface area contributed by atoms with Gasteiger partial charge in [0.1, 0.15) is 0 Å². The molecule has 3 rings (SSSR count). The molecule has 0 aliphatic carbocycles. The first-order valence-corrected chi connectivity index (χ1v) is 9.11. The molecular formula is C19H16N4O4S. The van der Waals surface area contributed by atoms with E-state index in [-0.39, 0.29) is 17.5 Å². The summed E-state index contributed by atoms with van der Waals surface area (Å²) in [4.78, 5) is 38.4. The predicted octanol–water partition coefficient (Wildman–Crippen LogP) is 4.24. The third-order valence-corrected chi connectivity index (χ3v) is 4.65. The third kappa shape index (κ3) is 4.38. The summed E-state index contributed by atoms with van der Waals surface area (Å²) in [7, 11) is 0. The Balaban J connectivity index is 1.74. The zero-order valence-electron chi connectivity index (χ0n) is 15.1. The van der Waals surface area contributed by atoms with Gasteiger partial charge in [-0.15, -0.1) is 11.3 Å². The van der Waals surface area contributed by atoms with E-state index in [2.05, 4.69) is 15.6 Å². The van der Waals surface area contributed by atoms with Crippen molar-refractivity contribution in [3.8, 4) is 11.3 Å². The first-order valence-electron chi connectivity index (χ1n) is 8.23. The SMILES string of the molecule is CC(=O)Nc1ccc(C(=O)Nc2nc(-c3ccc(C)c([N+](=O)[O-])c3)cs2)cc1. The second-order valence-electron chi connectivity index (χ2n) is 6.01. The van der Waals surface area contributed by atoms with Crippen LogP contribution in [0.3, 0.4) is 0 Å². The molecule has 142 valence electrons. The molecule has 0 atom stereocenters. The first-order chi connectivity index (χ1) is 13.3. The Hall–Kier alpha value is -3.59. The Morgan fingerprint density at radius 2 is 1.82 bits per heavy atom. The van der Waals surface area contributed by atoms with Gasteiger partial charge in [0.05, 0.1) is 10.6 Å². The van der Waals surface area contributed by atoms with Gasteiger partial charge >= 0.3 is 0 Å². The van der Waals surface area contributed by atoms with Gasteiger partial charge in [-0.3, -0.25) is 25.0 Å². The van der Waals surface area contributed by atoms with Crippen LogP contribution in [0.15, 0.2) is 47.8 Å². The van der Waals surface area contributed by atoms with Crippen LogP contribution < -0.4 is 10.6 Å². The summed E-state index contributed by atoms with van der Waals surface area (Å²) in [5.41, 5.74) is 2.76. The molecule has 2 N–H and O–H groups in total. The molecule has 0 saturated carbocycles. The molecule has 0 bridgehead atoms. The lowest BCUT2D eigenvalue weighted by molar-refractivity contribution is -0.385. The molecule has 3 aromatic rings. The maximum absolute atomic E-state index is 12.4. The van der Waals surface area contributed by atoms with Crippen molar-refractivity contribution in [2.75, 3.05) is 10.6 Å². The molecular weight excluding hydrogens is 380 g/mol. The summed E-state index contributed by atoms with van der Waals surface area (Å²) in [5, 5.41) is 18.5. The second-order valence-corrected chi connectivity index (χ2v) is 6.87. The maximum Gasteiger partial charge on any atom is 0.272 e. The van der Waals surface area contributed by atoms with Crippen molar-refractivity contribution in [2.45, 2.75) is 13.8 Å². The minimum atomic E-state index is -0.432. The summed E-state index contributed by atoms with van der Waals surface area (Å²) in [6.07, 6.45) is 0. The molecule has 9 heteroatoms. The van der Waals surface area contributed by atoms with Crippen LogP contribution in [0.5, 0.6) is 0 Å². The molecule has 0 unspecified atom stereocenters. The summed E-state index contributed by atoms with van der Waals surface area (Å²) in [5.74, 6) is -0.533. The van der Waals surface area contributed by atoms with Gasteiger partial charge in [0.15, 0.2) is 5.13 Å². The standard InChI is InChI=1S/C19H16N4O4S/c1-11-3-4-14(9-17(11)23(26)27)16-10-28-19(21-16)22-18(25)13-5-7-15(8-6-13)20-12(2)24/h3-10H,1-2H3,(H,20,24)(H,21,22,25). The van der Waals surface area contributed by atoms with Crippen LogP contribution in [-0.4, -0.2) is 21.7 Å². The van der Waals surface area contributed by atoms with E-state index in [4.69, 9.17) is 0 Å². The van der Waals surface area contributed by atoms with Crippen molar-refractivity contribution < 1.29 is 14.5 Å². The highest BCUT2D eigenvalue weighted by atomic mass is 32.1. The highest BCUT2D eigenvalue weighted by Crippen LogP contribution is 2.29. The smallest absolute Gasteiger partial charge is 0.272 e. The molecule has 1 heterocycles. The molecule has 8 nitrogen and oxygen atoms in total. The Bertz CT molecular complexity index is 1060. The number of aryl methyl sites for hydroxylation is 1. The Kier molecular flexibility index (Phi) is 5.46. The van der Waals surface area contributed by atoms with Gasteiger partial charge in [-0.05, 0) is 31.2 Å². The second kappa shape index (κ2) is 7.97. The molecule has 2 aromatic carbocycles. The van der Waals surface area contributed by atoms with E-state index < -0.39 is 4.92 Å². The van der Waals surface area contributed by atoms with Gasteiger partial charge in [-0.1, -0.05) is 12.1 Å².